The topological polar surface area (TPSA) is 78.6 Å². The molecule has 1 unspecified atom stereocenters. The lowest BCUT2D eigenvalue weighted by Crippen LogP contribution is -2.27. The van der Waals surface area contributed by atoms with Gasteiger partial charge in [0.2, 0.25) is 0 Å². The van der Waals surface area contributed by atoms with Crippen LogP contribution in [0.5, 0.6) is 0 Å². The number of fused-ring (bicyclic) bond motifs is 1. The lowest BCUT2D eigenvalue weighted by atomic mass is 10.3. The Bertz CT molecular complexity index is 677. The monoisotopic (exact) mass is 351 g/mol. The first-order valence-electron chi connectivity index (χ1n) is 7.77. The predicted octanol–water partition coefficient (Wildman–Crippen LogP) is 3.58. The van der Waals surface area contributed by atoms with E-state index in [1.54, 1.807) is 33.8 Å². The molecule has 1 aromatic carbocycles. The van der Waals surface area contributed by atoms with Gasteiger partial charge in [-0.25, -0.2) is 4.98 Å². The molecule has 0 aliphatic heterocycles. The lowest BCUT2D eigenvalue weighted by molar-refractivity contribution is -0.153. The molecule has 0 N–H and O–H groups in total. The summed E-state index contributed by atoms with van der Waals surface area (Å²) in [6, 6.07) is 7.30. The zero-order valence-corrected chi connectivity index (χ0v) is 15.0. The van der Waals surface area contributed by atoms with Gasteiger partial charge in [0.25, 0.3) is 5.22 Å². The maximum atomic E-state index is 12.3. The molecule has 1 atom stereocenters. The molecule has 1 aromatic heterocycles. The van der Waals surface area contributed by atoms with Crippen molar-refractivity contribution in [2.45, 2.75) is 56.8 Å². The summed E-state index contributed by atoms with van der Waals surface area (Å²) < 4.78 is 16.0. The Morgan fingerprint density at radius 3 is 2.42 bits per heavy atom. The predicted molar refractivity (Wildman–Crippen MR) is 90.7 cm³/mol. The highest BCUT2D eigenvalue weighted by atomic mass is 32.2. The van der Waals surface area contributed by atoms with Gasteiger partial charge in [-0.1, -0.05) is 23.9 Å². The first-order chi connectivity index (χ1) is 11.3. The van der Waals surface area contributed by atoms with Crippen LogP contribution in [0.25, 0.3) is 11.1 Å². The van der Waals surface area contributed by atoms with Crippen molar-refractivity contribution in [3.63, 3.8) is 0 Å². The van der Waals surface area contributed by atoms with Crippen LogP contribution in [0, 0.1) is 0 Å². The SMILES string of the molecule is CC(C)OC(=O)CC(Sc1nc2ccccc2o1)C(=O)OC(C)C. The number of thioether (sulfide) groups is 1. The third kappa shape index (κ3) is 5.26. The van der Waals surface area contributed by atoms with Gasteiger partial charge in [0, 0.05) is 0 Å². The molecule has 1 heterocycles. The van der Waals surface area contributed by atoms with Gasteiger partial charge < -0.3 is 13.9 Å². The number of para-hydroxylation sites is 2. The van der Waals surface area contributed by atoms with E-state index in [0.29, 0.717) is 16.3 Å². The van der Waals surface area contributed by atoms with E-state index in [0.717, 1.165) is 11.8 Å². The Kier molecular flexibility index (Phi) is 6.25. The number of benzene rings is 1. The number of esters is 2. The van der Waals surface area contributed by atoms with Crippen molar-refractivity contribution < 1.29 is 23.5 Å². The first kappa shape index (κ1) is 18.3. The molecule has 0 saturated heterocycles. The summed E-state index contributed by atoms with van der Waals surface area (Å²) in [6.07, 6.45) is -0.619. The van der Waals surface area contributed by atoms with Crippen molar-refractivity contribution in [2.24, 2.45) is 0 Å². The van der Waals surface area contributed by atoms with Crippen molar-refractivity contribution in [2.75, 3.05) is 0 Å². The Morgan fingerprint density at radius 1 is 1.12 bits per heavy atom. The van der Waals surface area contributed by atoms with Gasteiger partial charge in [0.1, 0.15) is 10.8 Å². The highest BCUT2D eigenvalue weighted by Gasteiger charge is 2.28. The zero-order chi connectivity index (χ0) is 17.7. The van der Waals surface area contributed by atoms with E-state index in [4.69, 9.17) is 13.9 Å². The molecule has 2 rings (SSSR count). The molecule has 6 nitrogen and oxygen atoms in total. The van der Waals surface area contributed by atoms with Crippen LogP contribution in [-0.2, 0) is 19.1 Å². The largest absolute Gasteiger partial charge is 0.463 e. The van der Waals surface area contributed by atoms with Crippen LogP contribution in [0.15, 0.2) is 33.9 Å². The molecule has 130 valence electrons. The second-order valence-electron chi connectivity index (χ2n) is 5.78. The molecule has 0 amide bonds. The van der Waals surface area contributed by atoms with Gasteiger partial charge in [0.15, 0.2) is 5.58 Å². The number of aromatic nitrogens is 1. The summed E-state index contributed by atoms with van der Waals surface area (Å²) in [5.74, 6) is -0.947. The van der Waals surface area contributed by atoms with Crippen molar-refractivity contribution in [3.8, 4) is 0 Å². The van der Waals surface area contributed by atoms with Gasteiger partial charge >= 0.3 is 11.9 Å². The number of rotatable bonds is 7. The third-order valence-corrected chi connectivity index (χ3v) is 3.87. The molecule has 0 bridgehead atoms. The minimum absolute atomic E-state index is 0.104. The second kappa shape index (κ2) is 8.19. The minimum Gasteiger partial charge on any atom is -0.463 e. The molecule has 0 aliphatic rings. The van der Waals surface area contributed by atoms with Gasteiger partial charge in [-0.2, -0.15) is 0 Å². The Hall–Kier alpha value is -2.02. The molecule has 0 fully saturated rings. The average Bonchev–Trinajstić information content (AvgIpc) is 2.87. The molecule has 0 spiro atoms. The second-order valence-corrected chi connectivity index (χ2v) is 6.94. The van der Waals surface area contributed by atoms with E-state index in [-0.39, 0.29) is 18.6 Å². The quantitative estimate of drug-likeness (QED) is 0.557. The van der Waals surface area contributed by atoms with Gasteiger partial charge in [-0.3, -0.25) is 9.59 Å². The van der Waals surface area contributed by atoms with Crippen LogP contribution in [0.3, 0.4) is 0 Å². The van der Waals surface area contributed by atoms with E-state index < -0.39 is 17.2 Å². The summed E-state index contributed by atoms with van der Waals surface area (Å²) in [4.78, 5) is 28.5. The van der Waals surface area contributed by atoms with E-state index in [2.05, 4.69) is 4.98 Å². The van der Waals surface area contributed by atoms with E-state index >= 15 is 0 Å². The number of carbonyl (C=O) groups is 2. The van der Waals surface area contributed by atoms with E-state index in [1.165, 1.54) is 0 Å². The highest BCUT2D eigenvalue weighted by Crippen LogP contribution is 2.29. The number of ether oxygens (including phenoxy) is 2. The maximum Gasteiger partial charge on any atom is 0.320 e. The summed E-state index contributed by atoms with van der Waals surface area (Å²) >= 11 is 1.07. The fraction of sp³-hybridized carbons (Fsp3) is 0.471. The van der Waals surface area contributed by atoms with Crippen molar-refractivity contribution in [1.29, 1.82) is 0 Å². The summed E-state index contributed by atoms with van der Waals surface area (Å²) in [5, 5.41) is -0.453. The van der Waals surface area contributed by atoms with Crippen molar-refractivity contribution in [1.82, 2.24) is 4.98 Å². The summed E-state index contributed by atoms with van der Waals surface area (Å²) in [6.45, 7) is 7.03. The number of carbonyl (C=O) groups excluding carboxylic acids is 2. The number of nitrogens with zero attached hydrogens (tertiary/aromatic N) is 1. The molecule has 7 heteroatoms. The number of hydrogen-bond acceptors (Lipinski definition) is 7. The standard InChI is InChI=1S/C17H21NO5S/c1-10(2)21-15(19)9-14(16(20)22-11(3)4)24-17-18-12-7-5-6-8-13(12)23-17/h5-8,10-11,14H,9H2,1-4H3. The van der Waals surface area contributed by atoms with Gasteiger partial charge in [-0.15, -0.1) is 0 Å². The van der Waals surface area contributed by atoms with Gasteiger partial charge in [0.05, 0.1) is 18.6 Å². The fourth-order valence-corrected chi connectivity index (χ4v) is 2.87. The zero-order valence-electron chi connectivity index (χ0n) is 14.1. The molecule has 0 radical (unpaired) electrons. The summed E-state index contributed by atoms with van der Waals surface area (Å²) in [7, 11) is 0. The van der Waals surface area contributed by atoms with Crippen LogP contribution < -0.4 is 0 Å². The normalized spacial score (nSPS) is 12.6. The Balaban J connectivity index is 2.14. The van der Waals surface area contributed by atoms with E-state index in [1.807, 2.05) is 18.2 Å². The van der Waals surface area contributed by atoms with Crippen LogP contribution in [-0.4, -0.2) is 34.4 Å². The smallest absolute Gasteiger partial charge is 0.320 e. The molecule has 2 aromatic rings. The Labute approximate surface area is 144 Å². The first-order valence-corrected chi connectivity index (χ1v) is 8.65. The Morgan fingerprint density at radius 2 is 1.79 bits per heavy atom. The van der Waals surface area contributed by atoms with Crippen LogP contribution >= 0.6 is 11.8 Å². The fourth-order valence-electron chi connectivity index (χ4n) is 1.97. The summed E-state index contributed by atoms with van der Waals surface area (Å²) in [5.41, 5.74) is 1.32. The number of oxazole rings is 1. The van der Waals surface area contributed by atoms with Crippen molar-refractivity contribution in [3.05, 3.63) is 24.3 Å². The van der Waals surface area contributed by atoms with Crippen LogP contribution in [0.4, 0.5) is 0 Å². The minimum atomic E-state index is -0.772. The lowest BCUT2D eigenvalue weighted by Gasteiger charge is -2.16. The highest BCUT2D eigenvalue weighted by molar-refractivity contribution is 8.00. The van der Waals surface area contributed by atoms with Crippen LogP contribution in [0.1, 0.15) is 34.1 Å². The third-order valence-electron chi connectivity index (χ3n) is 2.85. The average molecular weight is 351 g/mol. The molecule has 0 aliphatic carbocycles. The number of hydrogen-bond donors (Lipinski definition) is 0. The van der Waals surface area contributed by atoms with E-state index in [9.17, 15) is 9.59 Å². The molecular formula is C17H21NO5S. The molecular weight excluding hydrogens is 330 g/mol. The van der Waals surface area contributed by atoms with Gasteiger partial charge in [-0.05, 0) is 39.8 Å². The maximum absolute atomic E-state index is 12.3. The molecule has 0 saturated carbocycles. The van der Waals surface area contributed by atoms with Crippen LogP contribution in [0.2, 0.25) is 0 Å². The van der Waals surface area contributed by atoms with Crippen molar-refractivity contribution >= 4 is 34.8 Å². The molecule has 24 heavy (non-hydrogen) atoms.